The summed E-state index contributed by atoms with van der Waals surface area (Å²) in [6, 6.07) is 16.3. The lowest BCUT2D eigenvalue weighted by Gasteiger charge is -2.04. The maximum Gasteiger partial charge on any atom is 0.339 e. The van der Waals surface area contributed by atoms with Crippen LogP contribution in [0.2, 0.25) is 5.02 Å². The second kappa shape index (κ2) is 7.99. The number of carboxylic acid groups (broad SMARTS) is 1. The van der Waals surface area contributed by atoms with Crippen molar-refractivity contribution in [3.8, 4) is 11.1 Å². The number of rotatable bonds is 5. The molecule has 3 rings (SSSR count). The number of hydrogen-bond donors (Lipinski definition) is 2. The van der Waals surface area contributed by atoms with E-state index >= 15 is 0 Å². The molecule has 1 heterocycles. The van der Waals surface area contributed by atoms with Gasteiger partial charge in [0.15, 0.2) is 0 Å². The van der Waals surface area contributed by atoms with E-state index in [2.05, 4.69) is 5.32 Å². The van der Waals surface area contributed by atoms with Crippen molar-refractivity contribution in [2.75, 3.05) is 5.32 Å². The number of hydrogen-bond acceptors (Lipinski definition) is 3. The van der Waals surface area contributed by atoms with E-state index in [1.807, 2.05) is 30.3 Å². The third-order valence-corrected chi connectivity index (χ3v) is 4.77. The Labute approximate surface area is 159 Å². The number of aromatic carboxylic acids is 1. The molecule has 0 unspecified atom stereocenters. The number of anilines is 1. The quantitative estimate of drug-likeness (QED) is 0.578. The zero-order valence-electron chi connectivity index (χ0n) is 13.5. The fourth-order valence-electron chi connectivity index (χ4n) is 2.39. The molecule has 3 aromatic rings. The monoisotopic (exact) mass is 383 g/mol. The van der Waals surface area contributed by atoms with Crippen LogP contribution >= 0.6 is 22.9 Å². The molecule has 130 valence electrons. The third kappa shape index (κ3) is 4.20. The van der Waals surface area contributed by atoms with Gasteiger partial charge in [0.2, 0.25) is 5.91 Å². The topological polar surface area (TPSA) is 66.4 Å². The average Bonchev–Trinajstić information content (AvgIpc) is 3.05. The summed E-state index contributed by atoms with van der Waals surface area (Å²) in [5, 5.41) is 14.8. The van der Waals surface area contributed by atoms with Gasteiger partial charge >= 0.3 is 5.97 Å². The van der Waals surface area contributed by atoms with Crippen LogP contribution in [0.15, 0.2) is 66.1 Å². The van der Waals surface area contributed by atoms with Crippen molar-refractivity contribution >= 4 is 45.9 Å². The number of amides is 1. The van der Waals surface area contributed by atoms with Gasteiger partial charge in [-0.05, 0) is 29.3 Å². The number of carboxylic acids is 1. The van der Waals surface area contributed by atoms with Gasteiger partial charge in [-0.3, -0.25) is 4.79 Å². The first-order valence-electron chi connectivity index (χ1n) is 7.69. The van der Waals surface area contributed by atoms with Crippen LogP contribution in [0.3, 0.4) is 0 Å². The minimum absolute atomic E-state index is 0.0683. The summed E-state index contributed by atoms with van der Waals surface area (Å²) in [6.45, 7) is 0. The minimum Gasteiger partial charge on any atom is -0.478 e. The first kappa shape index (κ1) is 17.9. The summed E-state index contributed by atoms with van der Waals surface area (Å²) in [7, 11) is 0. The highest BCUT2D eigenvalue weighted by molar-refractivity contribution is 7.15. The predicted octanol–water partition coefficient (Wildman–Crippen LogP) is 5.42. The molecule has 0 saturated heterocycles. The number of thiophene rings is 1. The van der Waals surface area contributed by atoms with Gasteiger partial charge in [-0.25, -0.2) is 4.79 Å². The van der Waals surface area contributed by atoms with Crippen molar-refractivity contribution < 1.29 is 14.7 Å². The molecule has 0 aliphatic carbocycles. The molecule has 1 amide bonds. The molecule has 1 aromatic heterocycles. The Bertz CT molecular complexity index is 962. The lowest BCUT2D eigenvalue weighted by atomic mass is 10.0. The van der Waals surface area contributed by atoms with Gasteiger partial charge < -0.3 is 10.4 Å². The Morgan fingerprint density at radius 1 is 1.04 bits per heavy atom. The van der Waals surface area contributed by atoms with Crippen molar-refractivity contribution in [1.82, 2.24) is 0 Å². The Kier molecular flexibility index (Phi) is 5.51. The van der Waals surface area contributed by atoms with Crippen molar-refractivity contribution in [2.45, 2.75) is 0 Å². The molecule has 0 saturated carbocycles. The van der Waals surface area contributed by atoms with Gasteiger partial charge in [0.25, 0.3) is 0 Å². The number of benzene rings is 2. The largest absolute Gasteiger partial charge is 0.478 e. The lowest BCUT2D eigenvalue weighted by Crippen LogP contribution is -2.10. The van der Waals surface area contributed by atoms with Gasteiger partial charge in [-0.15, -0.1) is 11.3 Å². The summed E-state index contributed by atoms with van der Waals surface area (Å²) in [5.74, 6) is -1.49. The Balaban J connectivity index is 1.84. The summed E-state index contributed by atoms with van der Waals surface area (Å²) in [6.07, 6.45) is 3.05. The first-order chi connectivity index (χ1) is 12.5. The number of halogens is 1. The molecule has 0 fully saturated rings. The zero-order valence-corrected chi connectivity index (χ0v) is 15.1. The summed E-state index contributed by atoms with van der Waals surface area (Å²) >= 11 is 7.06. The van der Waals surface area contributed by atoms with Crippen LogP contribution in [-0.4, -0.2) is 17.0 Å². The zero-order chi connectivity index (χ0) is 18.5. The SMILES string of the molecule is O=C(C=Cc1ccccc1)Nc1scc(-c2ccc(Cl)cc2)c1C(=O)O. The van der Waals surface area contributed by atoms with Crippen molar-refractivity contribution in [3.05, 3.63) is 82.2 Å². The third-order valence-electron chi connectivity index (χ3n) is 3.62. The molecule has 0 aliphatic heterocycles. The van der Waals surface area contributed by atoms with E-state index in [9.17, 15) is 14.7 Å². The van der Waals surface area contributed by atoms with Gasteiger partial charge in [0.05, 0.1) is 0 Å². The molecular weight excluding hydrogens is 370 g/mol. The van der Waals surface area contributed by atoms with E-state index in [1.165, 1.54) is 17.4 Å². The van der Waals surface area contributed by atoms with E-state index in [0.717, 1.165) is 11.1 Å². The van der Waals surface area contributed by atoms with Crippen LogP contribution < -0.4 is 5.32 Å². The average molecular weight is 384 g/mol. The van der Waals surface area contributed by atoms with Gasteiger partial charge in [0.1, 0.15) is 10.6 Å². The summed E-state index contributed by atoms with van der Waals surface area (Å²) in [4.78, 5) is 23.9. The molecule has 2 aromatic carbocycles. The van der Waals surface area contributed by atoms with E-state index < -0.39 is 5.97 Å². The van der Waals surface area contributed by atoms with Crippen LogP contribution in [0.25, 0.3) is 17.2 Å². The van der Waals surface area contributed by atoms with Crippen molar-refractivity contribution in [1.29, 1.82) is 0 Å². The maximum absolute atomic E-state index is 12.1. The van der Waals surface area contributed by atoms with E-state index in [-0.39, 0.29) is 11.5 Å². The van der Waals surface area contributed by atoms with Gasteiger partial charge in [-0.1, -0.05) is 54.1 Å². The van der Waals surface area contributed by atoms with Crippen LogP contribution in [0.1, 0.15) is 15.9 Å². The normalized spacial score (nSPS) is 10.8. The van der Waals surface area contributed by atoms with Gasteiger partial charge in [-0.2, -0.15) is 0 Å². The molecule has 0 aliphatic rings. The predicted molar refractivity (Wildman–Crippen MR) is 106 cm³/mol. The summed E-state index contributed by atoms with van der Waals surface area (Å²) in [5.41, 5.74) is 2.22. The number of nitrogens with one attached hydrogen (secondary N) is 1. The van der Waals surface area contributed by atoms with Gasteiger partial charge in [0, 0.05) is 22.0 Å². The molecule has 4 nitrogen and oxygen atoms in total. The fourth-order valence-corrected chi connectivity index (χ4v) is 3.48. The Hall–Kier alpha value is -2.89. The second-order valence-corrected chi connectivity index (χ2v) is 6.71. The standard InChI is InChI=1S/C20H14ClNO3S/c21-15-9-7-14(8-10-15)16-12-26-19(18(16)20(24)25)22-17(23)11-6-13-4-2-1-3-5-13/h1-12H,(H,22,23)(H,24,25). The molecule has 6 heteroatoms. The van der Waals surface area contributed by atoms with Crippen LogP contribution in [-0.2, 0) is 4.79 Å². The van der Waals surface area contributed by atoms with E-state index in [1.54, 1.807) is 35.7 Å². The molecule has 0 radical (unpaired) electrons. The Morgan fingerprint density at radius 3 is 2.38 bits per heavy atom. The van der Waals surface area contributed by atoms with Crippen molar-refractivity contribution in [2.24, 2.45) is 0 Å². The smallest absolute Gasteiger partial charge is 0.339 e. The van der Waals surface area contributed by atoms with Crippen molar-refractivity contribution in [3.63, 3.8) is 0 Å². The maximum atomic E-state index is 12.1. The number of carbonyl (C=O) groups excluding carboxylic acids is 1. The summed E-state index contributed by atoms with van der Waals surface area (Å²) < 4.78 is 0. The molecule has 2 N–H and O–H groups in total. The highest BCUT2D eigenvalue weighted by Gasteiger charge is 2.20. The highest BCUT2D eigenvalue weighted by atomic mass is 35.5. The molecule has 26 heavy (non-hydrogen) atoms. The van der Waals surface area contributed by atoms with Crippen LogP contribution in [0, 0.1) is 0 Å². The molecular formula is C20H14ClNO3S. The minimum atomic E-state index is -1.10. The highest BCUT2D eigenvalue weighted by Crippen LogP contribution is 2.36. The number of carbonyl (C=O) groups is 2. The first-order valence-corrected chi connectivity index (χ1v) is 8.95. The van der Waals surface area contributed by atoms with Crippen LogP contribution in [0.4, 0.5) is 5.00 Å². The van der Waals surface area contributed by atoms with E-state index in [0.29, 0.717) is 15.6 Å². The second-order valence-electron chi connectivity index (χ2n) is 5.40. The molecule has 0 atom stereocenters. The van der Waals surface area contributed by atoms with E-state index in [4.69, 9.17) is 11.6 Å². The molecule has 0 bridgehead atoms. The Morgan fingerprint density at radius 2 is 1.73 bits per heavy atom. The van der Waals surface area contributed by atoms with Crippen LogP contribution in [0.5, 0.6) is 0 Å². The molecule has 0 spiro atoms. The fraction of sp³-hybridized carbons (Fsp3) is 0. The lowest BCUT2D eigenvalue weighted by molar-refractivity contribution is -0.111.